The standard InChI is InChI=1S/C26H36N2O2S.C2HF3O2/c1-3-23(29)12-8-5-9-13-24(27-26(30)21-14-16-28(2)17-15-21)25-18-22(19-31-25)20-10-6-4-7-11-20;3-2(4,5)1(6)7/h4,6-7,10-11,18-19,21,24H,3,5,8-9,12-17H2,1-2H3,(H,27,30);(H,6,7). The number of benzene rings is 1. The molecule has 38 heavy (non-hydrogen) atoms. The molecule has 1 aliphatic rings. The van der Waals surface area contributed by atoms with Crippen molar-refractivity contribution in [3.05, 3.63) is 46.7 Å². The normalized spacial score (nSPS) is 15.3. The average molecular weight is 555 g/mol. The van der Waals surface area contributed by atoms with Gasteiger partial charge in [0.05, 0.1) is 6.04 Å². The average Bonchev–Trinajstić information content (AvgIpc) is 3.38. The number of carboxylic acid groups (broad SMARTS) is 1. The third kappa shape index (κ3) is 10.9. The van der Waals surface area contributed by atoms with Crippen molar-refractivity contribution in [3.8, 4) is 11.1 Å². The van der Waals surface area contributed by atoms with Crippen LogP contribution in [0.25, 0.3) is 11.1 Å². The second-order valence-corrected chi connectivity index (χ2v) is 10.5. The fourth-order valence-corrected chi connectivity index (χ4v) is 5.19. The van der Waals surface area contributed by atoms with Crippen molar-refractivity contribution in [2.75, 3.05) is 20.1 Å². The first-order valence-corrected chi connectivity index (χ1v) is 13.8. The molecule has 2 aromatic rings. The summed E-state index contributed by atoms with van der Waals surface area (Å²) in [5, 5.41) is 12.7. The van der Waals surface area contributed by atoms with Gasteiger partial charge in [-0.1, -0.05) is 50.1 Å². The largest absolute Gasteiger partial charge is 0.490 e. The SMILES string of the molecule is CCC(=O)CCCCCC(NC(=O)C1CCN(C)CC1)c1cc(-c2ccccc2)cs1.O=C(O)C(F)(F)F. The Balaban J connectivity index is 0.000000638. The van der Waals surface area contributed by atoms with Gasteiger partial charge in [0.1, 0.15) is 5.78 Å². The van der Waals surface area contributed by atoms with Gasteiger partial charge in [0.25, 0.3) is 0 Å². The first-order valence-electron chi connectivity index (χ1n) is 13.0. The lowest BCUT2D eigenvalue weighted by Crippen LogP contribution is -2.40. The number of ketones is 1. The van der Waals surface area contributed by atoms with Crippen molar-refractivity contribution >= 4 is 29.0 Å². The van der Waals surface area contributed by atoms with Gasteiger partial charge in [0.15, 0.2) is 0 Å². The van der Waals surface area contributed by atoms with E-state index in [0.717, 1.165) is 51.6 Å². The second kappa shape index (κ2) is 15.6. The van der Waals surface area contributed by atoms with Gasteiger partial charge in [-0.05, 0) is 68.4 Å². The predicted octanol–water partition coefficient (Wildman–Crippen LogP) is 6.48. The van der Waals surface area contributed by atoms with Gasteiger partial charge in [0, 0.05) is 23.6 Å². The lowest BCUT2D eigenvalue weighted by atomic mass is 9.95. The summed E-state index contributed by atoms with van der Waals surface area (Å²) < 4.78 is 31.7. The monoisotopic (exact) mass is 554 g/mol. The highest BCUT2D eigenvalue weighted by atomic mass is 32.1. The number of halogens is 3. The van der Waals surface area contributed by atoms with E-state index in [0.29, 0.717) is 18.6 Å². The van der Waals surface area contributed by atoms with E-state index in [4.69, 9.17) is 9.90 Å². The van der Waals surface area contributed by atoms with Crippen LogP contribution in [0.3, 0.4) is 0 Å². The fourth-order valence-electron chi connectivity index (χ4n) is 4.19. The smallest absolute Gasteiger partial charge is 0.475 e. The summed E-state index contributed by atoms with van der Waals surface area (Å²) in [5.74, 6) is -2.09. The molecule has 1 atom stereocenters. The van der Waals surface area contributed by atoms with Crippen LogP contribution in [0.4, 0.5) is 13.2 Å². The van der Waals surface area contributed by atoms with E-state index in [1.165, 1.54) is 16.0 Å². The Morgan fingerprint density at radius 1 is 1.08 bits per heavy atom. The molecular formula is C28H37F3N2O4S. The van der Waals surface area contributed by atoms with E-state index in [-0.39, 0.29) is 17.9 Å². The maximum Gasteiger partial charge on any atom is 0.490 e. The number of carbonyl (C=O) groups excluding carboxylic acids is 2. The topological polar surface area (TPSA) is 86.7 Å². The molecule has 0 spiro atoms. The number of likely N-dealkylation sites (tertiary alicyclic amines) is 1. The molecule has 2 heterocycles. The molecule has 1 aliphatic heterocycles. The molecule has 6 nitrogen and oxygen atoms in total. The number of hydrogen-bond acceptors (Lipinski definition) is 5. The Labute approximate surface area is 226 Å². The minimum Gasteiger partial charge on any atom is -0.475 e. The third-order valence-corrected chi connectivity index (χ3v) is 7.61. The van der Waals surface area contributed by atoms with Gasteiger partial charge >= 0.3 is 12.1 Å². The number of nitrogens with one attached hydrogen (secondary N) is 1. The van der Waals surface area contributed by atoms with Crippen LogP contribution >= 0.6 is 11.3 Å². The van der Waals surface area contributed by atoms with Crippen molar-refractivity contribution in [2.45, 2.75) is 70.5 Å². The second-order valence-electron chi connectivity index (χ2n) is 9.54. The summed E-state index contributed by atoms with van der Waals surface area (Å²) in [6.45, 7) is 3.91. The Hall–Kier alpha value is -2.72. The molecule has 0 bridgehead atoms. The number of piperidine rings is 1. The summed E-state index contributed by atoms with van der Waals surface area (Å²) in [5.41, 5.74) is 2.43. The van der Waals surface area contributed by atoms with Crippen LogP contribution in [0.2, 0.25) is 0 Å². The van der Waals surface area contributed by atoms with Crippen molar-refractivity contribution in [2.24, 2.45) is 5.92 Å². The fraction of sp³-hybridized carbons (Fsp3) is 0.536. The molecule has 0 saturated carbocycles. The highest BCUT2D eigenvalue weighted by molar-refractivity contribution is 7.10. The van der Waals surface area contributed by atoms with Crippen molar-refractivity contribution in [1.29, 1.82) is 0 Å². The van der Waals surface area contributed by atoms with E-state index in [9.17, 15) is 22.8 Å². The van der Waals surface area contributed by atoms with Gasteiger partial charge in [-0.2, -0.15) is 13.2 Å². The molecule has 10 heteroatoms. The summed E-state index contributed by atoms with van der Waals surface area (Å²) >= 11 is 1.74. The first kappa shape index (κ1) is 31.5. The number of Topliss-reactive ketones (excluding diaryl/α,β-unsaturated/α-hetero) is 1. The minimum atomic E-state index is -5.08. The van der Waals surface area contributed by atoms with Crippen LogP contribution in [0.1, 0.15) is 69.2 Å². The number of unbranched alkanes of at least 4 members (excludes halogenated alkanes) is 2. The maximum atomic E-state index is 13.0. The molecule has 210 valence electrons. The number of alkyl halides is 3. The number of rotatable bonds is 11. The highest BCUT2D eigenvalue weighted by Gasteiger charge is 2.38. The molecule has 0 aliphatic carbocycles. The predicted molar refractivity (Wildman–Crippen MR) is 143 cm³/mol. The molecule has 3 rings (SSSR count). The summed E-state index contributed by atoms with van der Waals surface area (Å²) in [6.07, 6.45) is 2.03. The molecule has 1 saturated heterocycles. The van der Waals surface area contributed by atoms with E-state index >= 15 is 0 Å². The molecule has 2 N–H and O–H groups in total. The first-order chi connectivity index (χ1) is 18.0. The van der Waals surface area contributed by atoms with Crippen molar-refractivity contribution < 1.29 is 32.7 Å². The van der Waals surface area contributed by atoms with E-state index in [1.807, 2.05) is 13.0 Å². The number of carboxylic acids is 1. The number of carbonyl (C=O) groups is 3. The molecule has 1 unspecified atom stereocenters. The number of nitrogens with zero attached hydrogens (tertiary/aromatic N) is 1. The minimum absolute atomic E-state index is 0.0523. The molecule has 1 aromatic carbocycles. The molecular weight excluding hydrogens is 517 g/mol. The number of aliphatic carboxylic acids is 1. The Kier molecular flexibility index (Phi) is 13.0. The Bertz CT molecular complexity index is 1020. The Morgan fingerprint density at radius 3 is 2.29 bits per heavy atom. The number of amides is 1. The zero-order valence-corrected chi connectivity index (χ0v) is 22.7. The molecule has 1 amide bonds. The molecule has 0 radical (unpaired) electrons. The van der Waals surface area contributed by atoms with Crippen LogP contribution in [0.15, 0.2) is 41.8 Å². The zero-order chi connectivity index (χ0) is 28.1. The third-order valence-electron chi connectivity index (χ3n) is 6.56. The number of thiophene rings is 1. The van der Waals surface area contributed by atoms with E-state index in [2.05, 4.69) is 53.0 Å². The summed E-state index contributed by atoms with van der Waals surface area (Å²) in [4.78, 5) is 37.0. The highest BCUT2D eigenvalue weighted by Crippen LogP contribution is 2.32. The van der Waals surface area contributed by atoms with Gasteiger partial charge in [0.2, 0.25) is 5.91 Å². The van der Waals surface area contributed by atoms with Crippen LogP contribution in [-0.4, -0.2) is 54.0 Å². The summed E-state index contributed by atoms with van der Waals surface area (Å²) in [6, 6.07) is 12.7. The van der Waals surface area contributed by atoms with Crippen LogP contribution in [0.5, 0.6) is 0 Å². The zero-order valence-electron chi connectivity index (χ0n) is 21.9. The Morgan fingerprint density at radius 2 is 1.71 bits per heavy atom. The van der Waals surface area contributed by atoms with Crippen molar-refractivity contribution in [3.63, 3.8) is 0 Å². The van der Waals surface area contributed by atoms with Gasteiger partial charge in [-0.25, -0.2) is 4.79 Å². The van der Waals surface area contributed by atoms with Crippen molar-refractivity contribution in [1.82, 2.24) is 10.2 Å². The van der Waals surface area contributed by atoms with Crippen LogP contribution in [0, 0.1) is 5.92 Å². The molecule has 1 aromatic heterocycles. The maximum absolute atomic E-state index is 13.0. The van der Waals surface area contributed by atoms with Gasteiger partial charge in [-0.15, -0.1) is 11.3 Å². The van der Waals surface area contributed by atoms with Gasteiger partial charge in [-0.3, -0.25) is 9.59 Å². The van der Waals surface area contributed by atoms with Crippen LogP contribution in [-0.2, 0) is 14.4 Å². The molecule has 1 fully saturated rings. The van der Waals surface area contributed by atoms with E-state index < -0.39 is 12.1 Å². The lowest BCUT2D eigenvalue weighted by molar-refractivity contribution is -0.192. The lowest BCUT2D eigenvalue weighted by Gasteiger charge is -2.29. The van der Waals surface area contributed by atoms with Gasteiger partial charge < -0.3 is 15.3 Å². The summed E-state index contributed by atoms with van der Waals surface area (Å²) in [7, 11) is 2.12. The van der Waals surface area contributed by atoms with Crippen LogP contribution < -0.4 is 5.32 Å². The quantitative estimate of drug-likeness (QED) is 0.311. The van der Waals surface area contributed by atoms with E-state index in [1.54, 1.807) is 11.3 Å². The number of hydrogen-bond donors (Lipinski definition) is 2.